The van der Waals surface area contributed by atoms with Crippen molar-refractivity contribution in [3.63, 3.8) is 0 Å². The zero-order chi connectivity index (χ0) is 16.2. The third-order valence-corrected chi connectivity index (χ3v) is 3.97. The molecule has 1 N–H and O–H groups in total. The van der Waals surface area contributed by atoms with Gasteiger partial charge in [0.25, 0.3) is 5.91 Å². The molecule has 1 aliphatic rings. The molecule has 1 fully saturated rings. The minimum atomic E-state index is -0.168. The first-order valence-electron chi connectivity index (χ1n) is 7.78. The lowest BCUT2D eigenvalue weighted by Crippen LogP contribution is -2.34. The van der Waals surface area contributed by atoms with E-state index in [4.69, 9.17) is 0 Å². The van der Waals surface area contributed by atoms with Crippen molar-refractivity contribution in [1.82, 2.24) is 14.7 Å². The first-order valence-corrected chi connectivity index (χ1v) is 7.78. The summed E-state index contributed by atoms with van der Waals surface area (Å²) in [7, 11) is 1.80. The van der Waals surface area contributed by atoms with Gasteiger partial charge >= 0.3 is 0 Å². The van der Waals surface area contributed by atoms with Crippen molar-refractivity contribution in [3.8, 4) is 0 Å². The topological polar surface area (TPSA) is 67.2 Å². The van der Waals surface area contributed by atoms with Crippen LogP contribution in [0.3, 0.4) is 0 Å². The molecule has 0 bridgehead atoms. The fourth-order valence-corrected chi connectivity index (χ4v) is 2.70. The highest BCUT2D eigenvalue weighted by Gasteiger charge is 2.18. The molecular formula is C17H20N4O2. The minimum absolute atomic E-state index is 0.168. The quantitative estimate of drug-likeness (QED) is 0.941. The van der Waals surface area contributed by atoms with Gasteiger partial charge in [0.05, 0.1) is 11.9 Å². The van der Waals surface area contributed by atoms with Gasteiger partial charge in [-0.1, -0.05) is 12.1 Å². The second kappa shape index (κ2) is 6.64. The lowest BCUT2D eigenvalue weighted by molar-refractivity contribution is -0.133. The number of rotatable bonds is 4. The van der Waals surface area contributed by atoms with E-state index < -0.39 is 0 Å². The zero-order valence-corrected chi connectivity index (χ0v) is 13.2. The van der Waals surface area contributed by atoms with Crippen LogP contribution in [-0.2, 0) is 18.4 Å². The van der Waals surface area contributed by atoms with Crippen molar-refractivity contribution in [2.24, 2.45) is 7.05 Å². The van der Waals surface area contributed by atoms with Crippen LogP contribution < -0.4 is 5.32 Å². The number of piperidine rings is 1. The van der Waals surface area contributed by atoms with Crippen molar-refractivity contribution in [1.29, 1.82) is 0 Å². The van der Waals surface area contributed by atoms with Gasteiger partial charge in [0.15, 0.2) is 0 Å². The maximum Gasteiger partial charge on any atom is 0.255 e. The standard InChI is InChI=1S/C17H20N4O2/c1-20-12-15(10-18-20)19-17(23)14-7-5-13(6-8-14)11-21-9-3-2-4-16(21)22/h5-8,10,12H,2-4,9,11H2,1H3,(H,19,23). The molecule has 6 heteroatoms. The molecule has 2 heterocycles. The van der Waals surface area contributed by atoms with Crippen LogP contribution >= 0.6 is 0 Å². The molecule has 2 aromatic rings. The lowest BCUT2D eigenvalue weighted by atomic mass is 10.1. The zero-order valence-electron chi connectivity index (χ0n) is 13.2. The predicted octanol–water partition coefficient (Wildman–Crippen LogP) is 2.18. The first-order chi connectivity index (χ1) is 11.1. The van der Waals surface area contributed by atoms with Crippen LogP contribution in [0.5, 0.6) is 0 Å². The molecule has 1 aliphatic heterocycles. The summed E-state index contributed by atoms with van der Waals surface area (Å²) in [6, 6.07) is 7.38. The first kappa shape index (κ1) is 15.3. The molecule has 23 heavy (non-hydrogen) atoms. The number of benzene rings is 1. The summed E-state index contributed by atoms with van der Waals surface area (Å²) in [6.45, 7) is 1.44. The minimum Gasteiger partial charge on any atom is -0.338 e. The Bertz CT molecular complexity index is 706. The number of nitrogens with one attached hydrogen (secondary N) is 1. The smallest absolute Gasteiger partial charge is 0.255 e. The Morgan fingerprint density at radius 3 is 2.70 bits per heavy atom. The summed E-state index contributed by atoms with van der Waals surface area (Å²) in [5, 5.41) is 6.81. The monoisotopic (exact) mass is 312 g/mol. The Morgan fingerprint density at radius 1 is 1.26 bits per heavy atom. The van der Waals surface area contributed by atoms with Gasteiger partial charge in [0.1, 0.15) is 0 Å². The second-order valence-corrected chi connectivity index (χ2v) is 5.83. The molecule has 3 rings (SSSR count). The van der Waals surface area contributed by atoms with Gasteiger partial charge in [-0.25, -0.2) is 0 Å². The molecule has 1 aromatic carbocycles. The predicted molar refractivity (Wildman–Crippen MR) is 86.9 cm³/mol. The molecule has 2 amide bonds. The molecule has 0 aliphatic carbocycles. The Hall–Kier alpha value is -2.63. The van der Waals surface area contributed by atoms with Gasteiger partial charge in [-0.2, -0.15) is 5.10 Å². The van der Waals surface area contributed by atoms with Crippen molar-refractivity contribution in [3.05, 3.63) is 47.8 Å². The number of carbonyl (C=O) groups excluding carboxylic acids is 2. The van der Waals surface area contributed by atoms with E-state index in [-0.39, 0.29) is 11.8 Å². The van der Waals surface area contributed by atoms with E-state index in [9.17, 15) is 9.59 Å². The van der Waals surface area contributed by atoms with E-state index in [2.05, 4.69) is 10.4 Å². The molecule has 0 radical (unpaired) electrons. The summed E-state index contributed by atoms with van der Waals surface area (Å²) >= 11 is 0. The largest absolute Gasteiger partial charge is 0.338 e. The number of nitrogens with zero attached hydrogens (tertiary/aromatic N) is 3. The Kier molecular flexibility index (Phi) is 4.41. The van der Waals surface area contributed by atoms with Crippen molar-refractivity contribution < 1.29 is 9.59 Å². The van der Waals surface area contributed by atoms with Gasteiger partial charge in [0.2, 0.25) is 5.91 Å². The van der Waals surface area contributed by atoms with Crippen LogP contribution in [0.1, 0.15) is 35.2 Å². The maximum absolute atomic E-state index is 12.2. The number of aryl methyl sites for hydroxylation is 1. The van der Waals surface area contributed by atoms with E-state index >= 15 is 0 Å². The fourth-order valence-electron chi connectivity index (χ4n) is 2.70. The number of hydrogen-bond donors (Lipinski definition) is 1. The van der Waals surface area contributed by atoms with Gasteiger partial charge < -0.3 is 10.2 Å². The number of hydrogen-bond acceptors (Lipinski definition) is 3. The van der Waals surface area contributed by atoms with Gasteiger partial charge in [-0.3, -0.25) is 14.3 Å². The van der Waals surface area contributed by atoms with Crippen molar-refractivity contribution in [2.75, 3.05) is 11.9 Å². The summed E-state index contributed by atoms with van der Waals surface area (Å²) in [4.78, 5) is 25.9. The molecule has 1 aromatic heterocycles. The Labute approximate surface area is 135 Å². The third-order valence-electron chi connectivity index (χ3n) is 3.97. The molecule has 0 unspecified atom stereocenters. The van der Waals surface area contributed by atoms with Crippen LogP contribution in [0.25, 0.3) is 0 Å². The van der Waals surface area contributed by atoms with E-state index in [1.807, 2.05) is 17.0 Å². The van der Waals surface area contributed by atoms with E-state index in [0.29, 0.717) is 24.2 Å². The molecule has 0 spiro atoms. The van der Waals surface area contributed by atoms with Crippen LogP contribution in [0, 0.1) is 0 Å². The number of carbonyl (C=O) groups is 2. The SMILES string of the molecule is Cn1cc(NC(=O)c2ccc(CN3CCCCC3=O)cc2)cn1. The molecule has 0 atom stereocenters. The average Bonchev–Trinajstić information content (AvgIpc) is 2.95. The van der Waals surface area contributed by atoms with Crippen LogP contribution in [-0.4, -0.2) is 33.0 Å². The second-order valence-electron chi connectivity index (χ2n) is 5.83. The van der Waals surface area contributed by atoms with Crippen LogP contribution in [0.15, 0.2) is 36.7 Å². The summed E-state index contributed by atoms with van der Waals surface area (Å²) in [6.07, 6.45) is 6.05. The summed E-state index contributed by atoms with van der Waals surface area (Å²) in [5.41, 5.74) is 2.29. The normalized spacial score (nSPS) is 14.8. The number of anilines is 1. The van der Waals surface area contributed by atoms with E-state index in [1.165, 1.54) is 0 Å². The van der Waals surface area contributed by atoms with E-state index in [0.717, 1.165) is 24.9 Å². The highest BCUT2D eigenvalue weighted by atomic mass is 16.2. The number of amides is 2. The van der Waals surface area contributed by atoms with Crippen LogP contribution in [0.2, 0.25) is 0 Å². The van der Waals surface area contributed by atoms with Gasteiger partial charge in [-0.05, 0) is 30.5 Å². The molecule has 6 nitrogen and oxygen atoms in total. The Morgan fingerprint density at radius 2 is 2.04 bits per heavy atom. The molecule has 0 saturated carbocycles. The van der Waals surface area contributed by atoms with Gasteiger partial charge in [0, 0.05) is 38.3 Å². The summed E-state index contributed by atoms with van der Waals surface area (Å²) in [5.74, 6) is 0.0493. The third kappa shape index (κ3) is 3.77. The van der Waals surface area contributed by atoms with Crippen molar-refractivity contribution in [2.45, 2.75) is 25.8 Å². The van der Waals surface area contributed by atoms with Crippen molar-refractivity contribution >= 4 is 17.5 Å². The highest BCUT2D eigenvalue weighted by molar-refractivity contribution is 6.04. The maximum atomic E-state index is 12.2. The average molecular weight is 312 g/mol. The fraction of sp³-hybridized carbons (Fsp3) is 0.353. The molecule has 1 saturated heterocycles. The summed E-state index contributed by atoms with van der Waals surface area (Å²) < 4.78 is 1.63. The van der Waals surface area contributed by atoms with Crippen LogP contribution in [0.4, 0.5) is 5.69 Å². The number of aromatic nitrogens is 2. The van der Waals surface area contributed by atoms with E-state index in [1.54, 1.807) is 36.3 Å². The highest BCUT2D eigenvalue weighted by Crippen LogP contribution is 2.15. The molecular weight excluding hydrogens is 292 g/mol. The Balaban J connectivity index is 1.62. The molecule has 120 valence electrons. The van der Waals surface area contributed by atoms with Gasteiger partial charge in [-0.15, -0.1) is 0 Å². The number of likely N-dealkylation sites (tertiary alicyclic amines) is 1. The lowest BCUT2D eigenvalue weighted by Gasteiger charge is -2.26.